The van der Waals surface area contributed by atoms with E-state index in [1.165, 1.54) is 24.8 Å². The Morgan fingerprint density at radius 1 is 1.08 bits per heavy atom. The van der Waals surface area contributed by atoms with Gasteiger partial charge < -0.3 is 5.32 Å². The van der Waals surface area contributed by atoms with E-state index in [0.29, 0.717) is 5.69 Å². The van der Waals surface area contributed by atoms with Crippen molar-refractivity contribution in [3.8, 4) is 0 Å². The van der Waals surface area contributed by atoms with Crippen molar-refractivity contribution in [2.24, 2.45) is 0 Å². The highest BCUT2D eigenvalue weighted by Crippen LogP contribution is 2.29. The van der Waals surface area contributed by atoms with Crippen LogP contribution in [0.15, 0.2) is 46.2 Å². The molecule has 0 aliphatic carbocycles. The molecule has 5 nitrogen and oxygen atoms in total. The van der Waals surface area contributed by atoms with Crippen molar-refractivity contribution >= 4 is 33.4 Å². The second-order valence-corrected chi connectivity index (χ2v) is 8.79. The third-order valence-electron chi connectivity index (χ3n) is 4.15. The Morgan fingerprint density at radius 2 is 1.77 bits per heavy atom. The molecule has 2 N–H and O–H groups in total. The molecule has 7 heteroatoms. The number of carbonyl (C=O) groups excluding carboxylic acids is 1. The predicted molar refractivity (Wildman–Crippen MR) is 107 cm³/mol. The number of benzene rings is 2. The van der Waals surface area contributed by atoms with Gasteiger partial charge in [-0.15, -0.1) is 11.8 Å². The molecule has 0 fully saturated rings. The molecule has 0 radical (unpaired) electrons. The molecule has 2 rings (SSSR count). The second kappa shape index (κ2) is 8.24. The van der Waals surface area contributed by atoms with Gasteiger partial charge >= 0.3 is 0 Å². The van der Waals surface area contributed by atoms with E-state index in [-0.39, 0.29) is 16.8 Å². The molecule has 0 saturated heterocycles. The number of thioether (sulfide) groups is 1. The van der Waals surface area contributed by atoms with Gasteiger partial charge in [0.25, 0.3) is 0 Å². The third kappa shape index (κ3) is 4.87. The fourth-order valence-electron chi connectivity index (χ4n) is 2.54. The van der Waals surface area contributed by atoms with E-state index >= 15 is 0 Å². The number of nitrogens with one attached hydrogen (secondary N) is 2. The first kappa shape index (κ1) is 20.5. The lowest BCUT2D eigenvalue weighted by Gasteiger charge is -2.17. The fourth-order valence-corrected chi connectivity index (χ4v) is 4.34. The van der Waals surface area contributed by atoms with E-state index < -0.39 is 10.0 Å². The van der Waals surface area contributed by atoms with Crippen molar-refractivity contribution in [3.63, 3.8) is 0 Å². The number of sulfonamides is 1. The van der Waals surface area contributed by atoms with Gasteiger partial charge in [0.15, 0.2) is 0 Å². The molecule has 0 aliphatic rings. The van der Waals surface area contributed by atoms with E-state index in [0.717, 1.165) is 21.6 Å². The summed E-state index contributed by atoms with van der Waals surface area (Å²) >= 11 is 1.44. The summed E-state index contributed by atoms with van der Waals surface area (Å²) in [5.41, 5.74) is 3.67. The van der Waals surface area contributed by atoms with Crippen LogP contribution in [0.25, 0.3) is 0 Å². The van der Waals surface area contributed by atoms with Gasteiger partial charge in [-0.1, -0.05) is 18.2 Å². The number of carbonyl (C=O) groups is 1. The molecule has 0 spiro atoms. The van der Waals surface area contributed by atoms with Crippen LogP contribution in [0.5, 0.6) is 0 Å². The first-order valence-corrected chi connectivity index (χ1v) is 10.9. The number of hydrogen-bond donors (Lipinski definition) is 2. The third-order valence-corrected chi connectivity index (χ3v) is 6.49. The van der Waals surface area contributed by atoms with Crippen LogP contribution in [-0.2, 0) is 14.8 Å². The molecule has 1 amide bonds. The molecule has 0 heterocycles. The summed E-state index contributed by atoms with van der Waals surface area (Å²) in [6.45, 7) is 7.23. The lowest BCUT2D eigenvalue weighted by Crippen LogP contribution is -2.27. The molecule has 1 atom stereocenters. The highest BCUT2D eigenvalue weighted by molar-refractivity contribution is 7.98. The maximum Gasteiger partial charge on any atom is 0.241 e. The smallest absolute Gasteiger partial charge is 0.241 e. The first-order chi connectivity index (χ1) is 12.1. The number of amides is 1. The summed E-state index contributed by atoms with van der Waals surface area (Å²) in [5, 5.41) is 2.68. The molecule has 140 valence electrons. The summed E-state index contributed by atoms with van der Waals surface area (Å²) < 4.78 is 28.3. The minimum Gasteiger partial charge on any atom is -0.325 e. The maximum atomic E-state index is 12.8. The van der Waals surface area contributed by atoms with Crippen LogP contribution < -0.4 is 10.0 Å². The minimum atomic E-state index is -3.72. The van der Waals surface area contributed by atoms with Crippen LogP contribution in [0, 0.1) is 13.8 Å². The zero-order chi connectivity index (χ0) is 19.5. The SMILES string of the molecule is CSc1ccc(S(=O)(=O)N[C@H](C)c2ccc(C)c(C)c2)cc1NC(C)=O. The van der Waals surface area contributed by atoms with Gasteiger partial charge in [-0.05, 0) is 61.9 Å². The van der Waals surface area contributed by atoms with Crippen LogP contribution in [0.1, 0.15) is 36.6 Å². The van der Waals surface area contributed by atoms with Crippen LogP contribution in [0.2, 0.25) is 0 Å². The summed E-state index contributed by atoms with van der Waals surface area (Å²) in [4.78, 5) is 12.3. The Balaban J connectivity index is 2.31. The summed E-state index contributed by atoms with van der Waals surface area (Å²) in [6.07, 6.45) is 1.87. The van der Waals surface area contributed by atoms with Crippen molar-refractivity contribution in [3.05, 3.63) is 53.1 Å². The zero-order valence-corrected chi connectivity index (χ0v) is 17.2. The Morgan fingerprint density at radius 3 is 2.35 bits per heavy atom. The monoisotopic (exact) mass is 392 g/mol. The van der Waals surface area contributed by atoms with E-state index in [9.17, 15) is 13.2 Å². The molecule has 2 aromatic carbocycles. The number of anilines is 1. The molecule has 0 unspecified atom stereocenters. The molecule has 0 saturated carbocycles. The molecule has 0 aliphatic heterocycles. The van der Waals surface area contributed by atoms with E-state index in [2.05, 4.69) is 10.0 Å². The van der Waals surface area contributed by atoms with Crippen molar-refractivity contribution in [1.82, 2.24) is 4.72 Å². The Kier molecular flexibility index (Phi) is 6.49. The summed E-state index contributed by atoms with van der Waals surface area (Å²) in [7, 11) is -3.72. The van der Waals surface area contributed by atoms with E-state index in [1.54, 1.807) is 12.1 Å². The Hall–Kier alpha value is -1.83. The van der Waals surface area contributed by atoms with Crippen molar-refractivity contribution < 1.29 is 13.2 Å². The average Bonchev–Trinajstić information content (AvgIpc) is 2.56. The van der Waals surface area contributed by atoms with Crippen LogP contribution >= 0.6 is 11.8 Å². The van der Waals surface area contributed by atoms with Gasteiger partial charge in [0.1, 0.15) is 0 Å². The topological polar surface area (TPSA) is 75.3 Å². The van der Waals surface area contributed by atoms with Gasteiger partial charge in [-0.3, -0.25) is 4.79 Å². The van der Waals surface area contributed by atoms with Crippen LogP contribution in [0.4, 0.5) is 5.69 Å². The van der Waals surface area contributed by atoms with E-state index in [1.807, 2.05) is 45.2 Å². The van der Waals surface area contributed by atoms with Crippen molar-refractivity contribution in [2.75, 3.05) is 11.6 Å². The Bertz CT molecular complexity index is 924. The molecular formula is C19H24N2O3S2. The number of hydrogen-bond acceptors (Lipinski definition) is 4. The normalized spacial score (nSPS) is 12.7. The molecule has 0 aromatic heterocycles. The van der Waals surface area contributed by atoms with Crippen molar-refractivity contribution in [1.29, 1.82) is 0 Å². The Labute approximate surface area is 159 Å². The highest BCUT2D eigenvalue weighted by Gasteiger charge is 2.20. The lowest BCUT2D eigenvalue weighted by atomic mass is 10.0. The quantitative estimate of drug-likeness (QED) is 0.728. The molecular weight excluding hydrogens is 368 g/mol. The zero-order valence-electron chi connectivity index (χ0n) is 15.6. The van der Waals surface area contributed by atoms with E-state index in [4.69, 9.17) is 0 Å². The molecule has 2 aromatic rings. The van der Waals surface area contributed by atoms with Crippen molar-refractivity contribution in [2.45, 2.75) is 43.5 Å². The van der Waals surface area contributed by atoms with Gasteiger partial charge in [0, 0.05) is 17.9 Å². The second-order valence-electron chi connectivity index (χ2n) is 6.23. The average molecular weight is 393 g/mol. The molecule has 26 heavy (non-hydrogen) atoms. The summed E-state index contributed by atoms with van der Waals surface area (Å²) in [6, 6.07) is 10.3. The largest absolute Gasteiger partial charge is 0.325 e. The summed E-state index contributed by atoms with van der Waals surface area (Å²) in [5.74, 6) is -0.244. The van der Waals surface area contributed by atoms with Crippen LogP contribution in [0.3, 0.4) is 0 Å². The number of rotatable bonds is 6. The van der Waals surface area contributed by atoms with Gasteiger partial charge in [0.05, 0.1) is 10.6 Å². The lowest BCUT2D eigenvalue weighted by molar-refractivity contribution is -0.114. The number of aryl methyl sites for hydroxylation is 2. The fraction of sp³-hybridized carbons (Fsp3) is 0.316. The predicted octanol–water partition coefficient (Wildman–Crippen LogP) is 4.02. The van der Waals surface area contributed by atoms with Gasteiger partial charge in [-0.25, -0.2) is 13.1 Å². The first-order valence-electron chi connectivity index (χ1n) is 8.19. The van der Waals surface area contributed by atoms with Crippen LogP contribution in [-0.4, -0.2) is 20.6 Å². The standard InChI is InChI=1S/C19H24N2O3S2/c1-12-6-7-16(10-13(12)2)14(3)21-26(23,24)17-8-9-19(25-5)18(11-17)20-15(4)22/h6-11,14,21H,1-5H3,(H,20,22)/t14-/m1/s1. The molecule has 0 bridgehead atoms. The van der Waals surface area contributed by atoms with Gasteiger partial charge in [0.2, 0.25) is 15.9 Å². The minimum absolute atomic E-state index is 0.120. The maximum absolute atomic E-state index is 12.8. The van der Waals surface area contributed by atoms with Gasteiger partial charge in [-0.2, -0.15) is 0 Å². The highest BCUT2D eigenvalue weighted by atomic mass is 32.2.